The van der Waals surface area contributed by atoms with Crippen molar-refractivity contribution in [3.8, 4) is 17.1 Å². The first-order valence-electron chi connectivity index (χ1n) is 12.8. The number of ether oxygens (including phenoxy) is 3. The van der Waals surface area contributed by atoms with Crippen LogP contribution >= 0.6 is 0 Å². The molecule has 1 saturated carbocycles. The molecule has 0 bridgehead atoms. The Morgan fingerprint density at radius 3 is 2.78 bits per heavy atom. The summed E-state index contributed by atoms with van der Waals surface area (Å²) in [5.74, 6) is 1.65. The third-order valence-electron chi connectivity index (χ3n) is 6.80. The Morgan fingerprint density at radius 1 is 1.19 bits per heavy atom. The fourth-order valence-electron chi connectivity index (χ4n) is 4.32. The van der Waals surface area contributed by atoms with Crippen LogP contribution in [-0.2, 0) is 16.2 Å². The molecule has 5 rings (SSSR count). The van der Waals surface area contributed by atoms with E-state index in [1.54, 1.807) is 6.33 Å². The van der Waals surface area contributed by atoms with Crippen molar-refractivity contribution in [2.45, 2.75) is 63.9 Å². The summed E-state index contributed by atoms with van der Waals surface area (Å²) in [6.45, 7) is 12.1. The van der Waals surface area contributed by atoms with Crippen LogP contribution in [0.15, 0.2) is 30.6 Å². The van der Waals surface area contributed by atoms with Gasteiger partial charge in [-0.25, -0.2) is 14.6 Å². The summed E-state index contributed by atoms with van der Waals surface area (Å²) in [5.41, 5.74) is 2.47. The molecule has 0 unspecified atom stereocenters. The molecule has 3 heterocycles. The van der Waals surface area contributed by atoms with Gasteiger partial charge in [0.2, 0.25) is 0 Å². The van der Waals surface area contributed by atoms with Crippen molar-refractivity contribution >= 4 is 24.8 Å². The molecule has 194 valence electrons. The minimum atomic E-state index is -1.19. The lowest BCUT2D eigenvalue weighted by Crippen LogP contribution is -2.44. The molecule has 36 heavy (non-hydrogen) atoms. The average Bonchev–Trinajstić information content (AvgIpc) is 3.47. The average molecular weight is 512 g/mol. The molecule has 0 spiro atoms. The number of morpholine rings is 1. The normalized spacial score (nSPS) is 19.6. The van der Waals surface area contributed by atoms with Gasteiger partial charge in [0.25, 0.3) is 0 Å². The monoisotopic (exact) mass is 511 g/mol. The van der Waals surface area contributed by atoms with Crippen molar-refractivity contribution in [1.29, 1.82) is 0 Å². The number of aromatic nitrogens is 4. The SMILES string of the molecule is CC1(Oc2ccc3nn(COCC[Si](C)(C)C)c(-c4cc(N5CCO[C@H](CO)C5)ncn4)c3c2)CC1. The highest BCUT2D eigenvalue weighted by atomic mass is 28.3. The number of aliphatic hydroxyl groups excluding tert-OH is 1. The first-order chi connectivity index (χ1) is 17.2. The lowest BCUT2D eigenvalue weighted by molar-refractivity contribution is 0.00336. The maximum Gasteiger partial charge on any atom is 0.140 e. The van der Waals surface area contributed by atoms with Crippen LogP contribution in [0.4, 0.5) is 5.82 Å². The minimum absolute atomic E-state index is 0.0116. The number of hydrogen-bond donors (Lipinski definition) is 1. The van der Waals surface area contributed by atoms with E-state index < -0.39 is 8.07 Å². The quantitative estimate of drug-likeness (QED) is 0.323. The predicted octanol–water partition coefficient (Wildman–Crippen LogP) is 3.93. The highest BCUT2D eigenvalue weighted by Gasteiger charge is 2.40. The highest BCUT2D eigenvalue weighted by molar-refractivity contribution is 6.76. The molecule has 1 N–H and O–H groups in total. The molecule has 1 saturated heterocycles. The van der Waals surface area contributed by atoms with Gasteiger partial charge in [-0.2, -0.15) is 5.10 Å². The summed E-state index contributed by atoms with van der Waals surface area (Å²) in [7, 11) is -1.19. The summed E-state index contributed by atoms with van der Waals surface area (Å²) in [5, 5.41) is 15.4. The van der Waals surface area contributed by atoms with Crippen molar-refractivity contribution < 1.29 is 19.3 Å². The largest absolute Gasteiger partial charge is 0.488 e. The molecule has 1 aliphatic heterocycles. The number of anilines is 1. The van der Waals surface area contributed by atoms with Crippen molar-refractivity contribution in [2.75, 3.05) is 37.8 Å². The second-order valence-corrected chi connectivity index (χ2v) is 16.9. The summed E-state index contributed by atoms with van der Waals surface area (Å²) in [6.07, 6.45) is 3.53. The molecule has 1 atom stereocenters. The van der Waals surface area contributed by atoms with E-state index >= 15 is 0 Å². The highest BCUT2D eigenvalue weighted by Crippen LogP contribution is 2.41. The van der Waals surface area contributed by atoms with Gasteiger partial charge in [-0.3, -0.25) is 0 Å². The molecule has 2 fully saturated rings. The Morgan fingerprint density at radius 2 is 2.03 bits per heavy atom. The third kappa shape index (κ3) is 5.88. The van der Waals surface area contributed by atoms with Gasteiger partial charge < -0.3 is 24.2 Å². The molecular weight excluding hydrogens is 474 g/mol. The number of rotatable bonds is 10. The van der Waals surface area contributed by atoms with E-state index in [-0.39, 0.29) is 18.3 Å². The summed E-state index contributed by atoms with van der Waals surface area (Å²) < 4.78 is 19.9. The molecule has 9 nitrogen and oxygen atoms in total. The molecule has 3 aromatic rings. The second-order valence-electron chi connectivity index (χ2n) is 11.3. The van der Waals surface area contributed by atoms with Gasteiger partial charge in [-0.1, -0.05) is 19.6 Å². The molecular formula is C26H37N5O4Si. The fraction of sp³-hybridized carbons (Fsp3) is 0.577. The summed E-state index contributed by atoms with van der Waals surface area (Å²) >= 11 is 0. The number of fused-ring (bicyclic) bond motifs is 1. The van der Waals surface area contributed by atoms with Crippen LogP contribution in [0, 0.1) is 0 Å². The van der Waals surface area contributed by atoms with Crippen LogP contribution in [0.3, 0.4) is 0 Å². The Kier molecular flexibility index (Phi) is 7.04. The Balaban J connectivity index is 1.48. The van der Waals surface area contributed by atoms with Gasteiger partial charge in [-0.15, -0.1) is 0 Å². The smallest absolute Gasteiger partial charge is 0.140 e. The third-order valence-corrected chi connectivity index (χ3v) is 8.50. The summed E-state index contributed by atoms with van der Waals surface area (Å²) in [4.78, 5) is 11.3. The van der Waals surface area contributed by atoms with Crippen LogP contribution in [0.25, 0.3) is 22.3 Å². The van der Waals surface area contributed by atoms with E-state index in [2.05, 4.69) is 47.5 Å². The van der Waals surface area contributed by atoms with Gasteiger partial charge in [0, 0.05) is 39.2 Å². The summed E-state index contributed by atoms with van der Waals surface area (Å²) in [6, 6.07) is 9.16. The fourth-order valence-corrected chi connectivity index (χ4v) is 5.07. The number of nitrogens with zero attached hydrogens (tertiary/aromatic N) is 5. The standard InChI is InChI=1S/C26H37N5O4Si/c1-26(7-8-26)35-19-5-6-22-21(13-19)25(31(29-22)18-33-11-12-36(2,3)4)23-14-24(28-17-27-23)30-9-10-34-20(15-30)16-32/h5-6,13-14,17,20,32H,7-12,15-16,18H2,1-4H3/t20-/m0/s1. The number of benzene rings is 1. The van der Waals surface area contributed by atoms with E-state index in [0.29, 0.717) is 33.0 Å². The van der Waals surface area contributed by atoms with Crippen molar-refractivity contribution in [3.05, 3.63) is 30.6 Å². The zero-order valence-electron chi connectivity index (χ0n) is 21.7. The number of aliphatic hydroxyl groups is 1. The van der Waals surface area contributed by atoms with Crippen molar-refractivity contribution in [2.24, 2.45) is 0 Å². The molecule has 0 amide bonds. The first kappa shape index (κ1) is 25.1. The zero-order valence-corrected chi connectivity index (χ0v) is 22.7. The van der Waals surface area contributed by atoms with Gasteiger partial charge in [-0.05, 0) is 44.0 Å². The van der Waals surface area contributed by atoms with Gasteiger partial charge in [0.1, 0.15) is 30.2 Å². The second kappa shape index (κ2) is 10.1. The molecule has 1 aliphatic carbocycles. The van der Waals surface area contributed by atoms with E-state index in [1.165, 1.54) is 0 Å². The maximum absolute atomic E-state index is 9.56. The first-order valence-corrected chi connectivity index (χ1v) is 16.5. The van der Waals surface area contributed by atoms with Crippen molar-refractivity contribution in [1.82, 2.24) is 19.7 Å². The van der Waals surface area contributed by atoms with E-state index in [0.717, 1.165) is 52.7 Å². The van der Waals surface area contributed by atoms with Crippen LogP contribution in [0.1, 0.15) is 19.8 Å². The van der Waals surface area contributed by atoms with Gasteiger partial charge >= 0.3 is 0 Å². The lowest BCUT2D eigenvalue weighted by Gasteiger charge is -2.32. The molecule has 2 aliphatic rings. The Labute approximate surface area is 213 Å². The molecule has 1 aromatic carbocycles. The topological polar surface area (TPSA) is 94.8 Å². The van der Waals surface area contributed by atoms with E-state index in [1.807, 2.05) is 22.9 Å². The van der Waals surface area contributed by atoms with Crippen LogP contribution < -0.4 is 9.64 Å². The lowest BCUT2D eigenvalue weighted by atomic mass is 10.1. The van der Waals surface area contributed by atoms with Crippen LogP contribution in [0.2, 0.25) is 25.7 Å². The van der Waals surface area contributed by atoms with Crippen molar-refractivity contribution in [3.63, 3.8) is 0 Å². The Bertz CT molecular complexity index is 1210. The number of hydrogen-bond acceptors (Lipinski definition) is 8. The van der Waals surface area contributed by atoms with Crippen LogP contribution in [0.5, 0.6) is 5.75 Å². The molecule has 0 radical (unpaired) electrons. The maximum atomic E-state index is 9.56. The van der Waals surface area contributed by atoms with E-state index in [4.69, 9.17) is 19.3 Å². The zero-order chi connectivity index (χ0) is 25.3. The van der Waals surface area contributed by atoms with E-state index in [9.17, 15) is 5.11 Å². The minimum Gasteiger partial charge on any atom is -0.488 e. The predicted molar refractivity (Wildman–Crippen MR) is 142 cm³/mol. The molecule has 2 aromatic heterocycles. The Hall–Kier alpha value is -2.53. The molecule has 10 heteroatoms. The van der Waals surface area contributed by atoms with Crippen LogP contribution in [-0.4, -0.2) is 77.5 Å². The van der Waals surface area contributed by atoms with Gasteiger partial charge in [0.15, 0.2) is 0 Å². The van der Waals surface area contributed by atoms with Gasteiger partial charge in [0.05, 0.1) is 36.2 Å².